The number of nitrogens with two attached hydrogens (primary N) is 1. The number of nitrogen functional groups attached to an aromatic ring is 1. The second-order valence-corrected chi connectivity index (χ2v) is 3.69. The largest absolute Gasteiger partial charge is 0.397 e. The monoisotopic (exact) mass is 249 g/mol. The Morgan fingerprint density at radius 3 is 2.43 bits per heavy atom. The molecule has 0 aliphatic rings. The summed E-state index contributed by atoms with van der Waals surface area (Å²) in [7, 11) is 0. The van der Waals surface area contributed by atoms with E-state index in [1.807, 2.05) is 24.3 Å². The van der Waals surface area contributed by atoms with E-state index in [2.05, 4.69) is 26.1 Å². The molecule has 1 heterocycles. The first-order valence-electron chi connectivity index (χ1n) is 4.10. The lowest BCUT2D eigenvalue weighted by atomic mass is 10.1. The highest BCUT2D eigenvalue weighted by molar-refractivity contribution is 9.10. The zero-order valence-electron chi connectivity index (χ0n) is 7.31. The van der Waals surface area contributed by atoms with Crippen molar-refractivity contribution >= 4 is 21.6 Å². The number of rotatable bonds is 1. The maximum atomic E-state index is 5.80. The number of hydrogen-bond acceptors (Lipinski definition) is 3. The third kappa shape index (κ3) is 1.61. The van der Waals surface area contributed by atoms with Gasteiger partial charge in [0.15, 0.2) is 0 Å². The molecule has 0 saturated carbocycles. The van der Waals surface area contributed by atoms with Crippen LogP contribution in [0.4, 0.5) is 5.69 Å². The molecule has 1 aromatic heterocycles. The van der Waals surface area contributed by atoms with Crippen molar-refractivity contribution in [2.24, 2.45) is 0 Å². The average molecular weight is 250 g/mol. The summed E-state index contributed by atoms with van der Waals surface area (Å²) in [5.41, 5.74) is 8.35. The van der Waals surface area contributed by atoms with Gasteiger partial charge in [-0.3, -0.25) is 0 Å². The lowest BCUT2D eigenvalue weighted by molar-refractivity contribution is 1.04. The minimum atomic E-state index is 0.631. The summed E-state index contributed by atoms with van der Waals surface area (Å²) in [5, 5.41) is 7.52. The van der Waals surface area contributed by atoms with Gasteiger partial charge in [0.2, 0.25) is 0 Å². The molecular formula is C10H8BrN3. The molecule has 0 amide bonds. The van der Waals surface area contributed by atoms with E-state index in [9.17, 15) is 0 Å². The van der Waals surface area contributed by atoms with Gasteiger partial charge in [-0.1, -0.05) is 34.1 Å². The van der Waals surface area contributed by atoms with Crippen molar-refractivity contribution in [3.8, 4) is 11.1 Å². The summed E-state index contributed by atoms with van der Waals surface area (Å²) < 4.78 is 1.000. The van der Waals surface area contributed by atoms with Gasteiger partial charge < -0.3 is 5.73 Å². The van der Waals surface area contributed by atoms with Gasteiger partial charge >= 0.3 is 0 Å². The fourth-order valence-electron chi connectivity index (χ4n) is 1.24. The summed E-state index contributed by atoms with van der Waals surface area (Å²) in [6.07, 6.45) is 3.21. The van der Waals surface area contributed by atoms with E-state index in [0.717, 1.165) is 15.6 Å². The van der Waals surface area contributed by atoms with Crippen molar-refractivity contribution in [3.63, 3.8) is 0 Å². The van der Waals surface area contributed by atoms with Crippen LogP contribution in [0, 0.1) is 0 Å². The Labute approximate surface area is 90.1 Å². The summed E-state index contributed by atoms with van der Waals surface area (Å²) in [6.45, 7) is 0. The molecule has 70 valence electrons. The average Bonchev–Trinajstić information content (AvgIpc) is 2.20. The van der Waals surface area contributed by atoms with Crippen molar-refractivity contribution in [2.75, 3.05) is 5.73 Å². The van der Waals surface area contributed by atoms with Crippen LogP contribution < -0.4 is 5.73 Å². The summed E-state index contributed by atoms with van der Waals surface area (Å²) >= 11 is 3.46. The van der Waals surface area contributed by atoms with Crippen LogP contribution in [0.25, 0.3) is 11.1 Å². The third-order valence-electron chi connectivity index (χ3n) is 1.93. The van der Waals surface area contributed by atoms with Crippen LogP contribution in [0.5, 0.6) is 0 Å². The molecule has 2 aromatic rings. The molecule has 0 atom stereocenters. The van der Waals surface area contributed by atoms with Gasteiger partial charge in [0, 0.05) is 10.0 Å². The zero-order chi connectivity index (χ0) is 9.97. The molecule has 1 aromatic carbocycles. The fourth-order valence-corrected chi connectivity index (χ4v) is 1.73. The fraction of sp³-hybridized carbons (Fsp3) is 0. The summed E-state index contributed by atoms with van der Waals surface area (Å²) in [6, 6.07) is 7.87. The number of hydrogen-bond donors (Lipinski definition) is 1. The molecule has 0 fully saturated rings. The van der Waals surface area contributed by atoms with Gasteiger partial charge in [-0.25, -0.2) is 0 Å². The van der Waals surface area contributed by atoms with Crippen molar-refractivity contribution in [2.45, 2.75) is 0 Å². The lowest BCUT2D eigenvalue weighted by Crippen LogP contribution is -1.93. The normalized spacial score (nSPS) is 10.1. The lowest BCUT2D eigenvalue weighted by Gasteiger charge is -2.05. The number of nitrogens with zero attached hydrogens (tertiary/aromatic N) is 2. The minimum absolute atomic E-state index is 0.631. The molecule has 0 unspecified atom stereocenters. The van der Waals surface area contributed by atoms with Crippen LogP contribution in [0.15, 0.2) is 41.1 Å². The molecule has 0 aliphatic heterocycles. The van der Waals surface area contributed by atoms with Gasteiger partial charge in [0.25, 0.3) is 0 Å². The Morgan fingerprint density at radius 1 is 1.00 bits per heavy atom. The quantitative estimate of drug-likeness (QED) is 0.845. The van der Waals surface area contributed by atoms with E-state index in [-0.39, 0.29) is 0 Å². The van der Waals surface area contributed by atoms with Gasteiger partial charge in [0.1, 0.15) is 0 Å². The summed E-state index contributed by atoms with van der Waals surface area (Å²) in [4.78, 5) is 0. The zero-order valence-corrected chi connectivity index (χ0v) is 8.90. The maximum absolute atomic E-state index is 5.80. The smallest absolute Gasteiger partial charge is 0.0732 e. The highest BCUT2D eigenvalue weighted by Gasteiger charge is 2.05. The first-order chi connectivity index (χ1) is 6.79. The Balaban J connectivity index is 2.61. The van der Waals surface area contributed by atoms with Crippen LogP contribution in [0.2, 0.25) is 0 Å². The van der Waals surface area contributed by atoms with Gasteiger partial charge in [-0.15, -0.1) is 0 Å². The molecule has 0 spiro atoms. The second-order valence-electron chi connectivity index (χ2n) is 2.84. The van der Waals surface area contributed by atoms with Crippen LogP contribution >= 0.6 is 15.9 Å². The highest BCUT2D eigenvalue weighted by Crippen LogP contribution is 2.30. The van der Waals surface area contributed by atoms with Crippen molar-refractivity contribution in [1.82, 2.24) is 10.2 Å². The van der Waals surface area contributed by atoms with Crippen LogP contribution in [0.3, 0.4) is 0 Å². The SMILES string of the molecule is Nc1cnncc1-c1ccccc1Br. The van der Waals surface area contributed by atoms with Crippen LogP contribution in [-0.2, 0) is 0 Å². The molecule has 0 radical (unpaired) electrons. The second kappa shape index (κ2) is 3.75. The van der Waals surface area contributed by atoms with E-state index in [4.69, 9.17) is 5.73 Å². The Morgan fingerprint density at radius 2 is 1.71 bits per heavy atom. The van der Waals surface area contributed by atoms with Crippen LogP contribution in [0.1, 0.15) is 0 Å². The summed E-state index contributed by atoms with van der Waals surface area (Å²) in [5.74, 6) is 0. The molecule has 0 bridgehead atoms. The molecule has 2 N–H and O–H groups in total. The van der Waals surface area contributed by atoms with Crippen molar-refractivity contribution in [3.05, 3.63) is 41.1 Å². The number of anilines is 1. The first-order valence-corrected chi connectivity index (χ1v) is 4.89. The molecule has 14 heavy (non-hydrogen) atoms. The molecule has 2 rings (SSSR count). The Bertz CT molecular complexity index is 413. The number of halogens is 1. The van der Waals surface area contributed by atoms with Crippen molar-refractivity contribution in [1.29, 1.82) is 0 Å². The molecule has 0 saturated heterocycles. The Kier molecular flexibility index (Phi) is 2.45. The molecule has 4 heteroatoms. The molecule has 0 aliphatic carbocycles. The van der Waals surface area contributed by atoms with Gasteiger partial charge in [-0.05, 0) is 11.6 Å². The Hall–Kier alpha value is -1.42. The van der Waals surface area contributed by atoms with E-state index in [0.29, 0.717) is 5.69 Å². The van der Waals surface area contributed by atoms with E-state index in [1.54, 1.807) is 12.4 Å². The predicted molar refractivity (Wildman–Crippen MR) is 59.6 cm³/mol. The maximum Gasteiger partial charge on any atom is 0.0732 e. The van der Waals surface area contributed by atoms with Gasteiger partial charge in [0.05, 0.1) is 18.1 Å². The standard InChI is InChI=1S/C10H8BrN3/c11-9-4-2-1-3-7(9)8-5-13-14-6-10(8)12/h1-6H,(H2,12,13). The van der Waals surface area contributed by atoms with E-state index < -0.39 is 0 Å². The predicted octanol–water partition coefficient (Wildman–Crippen LogP) is 2.49. The topological polar surface area (TPSA) is 51.8 Å². The van der Waals surface area contributed by atoms with Crippen molar-refractivity contribution < 1.29 is 0 Å². The molecule has 3 nitrogen and oxygen atoms in total. The first kappa shape index (κ1) is 9.15. The van der Waals surface area contributed by atoms with Gasteiger partial charge in [-0.2, -0.15) is 10.2 Å². The number of benzene rings is 1. The third-order valence-corrected chi connectivity index (χ3v) is 2.62. The van der Waals surface area contributed by atoms with E-state index in [1.165, 1.54) is 0 Å². The van der Waals surface area contributed by atoms with E-state index >= 15 is 0 Å². The minimum Gasteiger partial charge on any atom is -0.397 e. The molecular weight excluding hydrogens is 242 g/mol. The van der Waals surface area contributed by atoms with Crippen LogP contribution in [-0.4, -0.2) is 10.2 Å². The highest BCUT2D eigenvalue weighted by atomic mass is 79.9. The number of aromatic nitrogens is 2.